The first-order valence-electron chi connectivity index (χ1n) is 5.70. The van der Waals surface area contributed by atoms with Gasteiger partial charge in [-0.15, -0.1) is 0 Å². The quantitative estimate of drug-likeness (QED) is 0.669. The van der Waals surface area contributed by atoms with Crippen molar-refractivity contribution in [1.29, 1.82) is 0 Å². The largest absolute Gasteiger partial charge is 0.466 e. The van der Waals surface area contributed by atoms with Crippen molar-refractivity contribution in [2.24, 2.45) is 5.16 Å². The maximum absolute atomic E-state index is 10.5. The van der Waals surface area contributed by atoms with E-state index in [9.17, 15) is 8.42 Å². The summed E-state index contributed by atoms with van der Waals surface area (Å²) in [5.41, 5.74) is 1.45. The first kappa shape index (κ1) is 13.0. The number of hydrogen-bond acceptors (Lipinski definition) is 5. The molecular weight excluding hydrogens is 256 g/mol. The molecule has 1 atom stereocenters. The fourth-order valence-corrected chi connectivity index (χ4v) is 2.29. The molecule has 1 fully saturated rings. The van der Waals surface area contributed by atoms with Crippen LogP contribution in [0.25, 0.3) is 0 Å². The van der Waals surface area contributed by atoms with Crippen LogP contribution in [0.5, 0.6) is 0 Å². The van der Waals surface area contributed by atoms with Crippen LogP contribution in [0.3, 0.4) is 0 Å². The highest BCUT2D eigenvalue weighted by atomic mass is 32.3. The Hall–Kier alpha value is -1.47. The van der Waals surface area contributed by atoms with Crippen LogP contribution in [-0.2, 0) is 14.7 Å². The Morgan fingerprint density at radius 3 is 2.89 bits per heavy atom. The van der Waals surface area contributed by atoms with Crippen molar-refractivity contribution in [3.8, 4) is 0 Å². The molecule has 0 amide bonds. The van der Waals surface area contributed by atoms with Crippen molar-refractivity contribution in [3.63, 3.8) is 0 Å². The van der Waals surface area contributed by atoms with Gasteiger partial charge in [-0.25, -0.2) is 4.28 Å². The fraction of sp³-hybridized carbons (Fsp3) is 0.455. The van der Waals surface area contributed by atoms with Gasteiger partial charge in [-0.3, -0.25) is 9.54 Å². The molecule has 18 heavy (non-hydrogen) atoms. The maximum Gasteiger partial charge on any atom is 0.466 e. The molecule has 0 spiro atoms. The highest BCUT2D eigenvalue weighted by Crippen LogP contribution is 2.29. The van der Waals surface area contributed by atoms with Crippen LogP contribution in [0.4, 0.5) is 0 Å². The summed E-state index contributed by atoms with van der Waals surface area (Å²) < 4.78 is 33.7. The smallest absolute Gasteiger partial charge is 0.261 e. The molecule has 2 rings (SSSR count). The number of hydrogen-bond donors (Lipinski definition) is 1. The second-order valence-electron chi connectivity index (χ2n) is 4.14. The van der Waals surface area contributed by atoms with Crippen molar-refractivity contribution in [2.75, 3.05) is 0 Å². The van der Waals surface area contributed by atoms with E-state index in [2.05, 4.69) is 14.4 Å². The zero-order valence-electron chi connectivity index (χ0n) is 9.69. The zero-order valence-corrected chi connectivity index (χ0v) is 10.5. The first-order valence-corrected chi connectivity index (χ1v) is 7.06. The van der Waals surface area contributed by atoms with Gasteiger partial charge in [0.05, 0.1) is 5.71 Å². The van der Waals surface area contributed by atoms with E-state index in [1.165, 1.54) is 0 Å². The Bertz CT molecular complexity index is 527. The molecule has 1 aliphatic rings. The van der Waals surface area contributed by atoms with Gasteiger partial charge in [0.25, 0.3) is 0 Å². The van der Waals surface area contributed by atoms with Gasteiger partial charge in [0.15, 0.2) is 0 Å². The Morgan fingerprint density at radius 1 is 1.39 bits per heavy atom. The molecule has 1 N–H and O–H groups in total. The lowest BCUT2D eigenvalue weighted by Gasteiger charge is -2.22. The second-order valence-corrected chi connectivity index (χ2v) is 5.14. The molecule has 7 heteroatoms. The number of oxime groups is 1. The topological polar surface area (TPSA) is 88.9 Å². The van der Waals surface area contributed by atoms with E-state index in [1.807, 2.05) is 18.2 Å². The van der Waals surface area contributed by atoms with E-state index >= 15 is 0 Å². The molecule has 1 aliphatic carbocycles. The predicted octanol–water partition coefficient (Wildman–Crippen LogP) is 1.91. The monoisotopic (exact) mass is 270 g/mol. The summed E-state index contributed by atoms with van der Waals surface area (Å²) in [4.78, 5) is 4.25. The third kappa shape index (κ3) is 3.51. The Morgan fingerprint density at radius 2 is 2.22 bits per heavy atom. The fourth-order valence-electron chi connectivity index (χ4n) is 2.10. The van der Waals surface area contributed by atoms with Gasteiger partial charge in [0, 0.05) is 17.8 Å². The van der Waals surface area contributed by atoms with Crippen molar-refractivity contribution >= 4 is 16.1 Å². The summed E-state index contributed by atoms with van der Waals surface area (Å²) in [7, 11) is -4.54. The average molecular weight is 270 g/mol. The van der Waals surface area contributed by atoms with E-state index in [0.29, 0.717) is 12.1 Å². The third-order valence-corrected chi connectivity index (χ3v) is 3.13. The lowest BCUT2D eigenvalue weighted by molar-refractivity contribution is 0.279. The van der Waals surface area contributed by atoms with Crippen LogP contribution in [0.15, 0.2) is 29.6 Å². The van der Waals surface area contributed by atoms with Crippen LogP contribution in [0.2, 0.25) is 0 Å². The van der Waals surface area contributed by atoms with E-state index in [0.717, 1.165) is 25.0 Å². The normalized spacial score (nSPS) is 22.9. The number of aromatic nitrogens is 1. The molecule has 1 saturated carbocycles. The van der Waals surface area contributed by atoms with Crippen LogP contribution in [-0.4, -0.2) is 23.7 Å². The number of nitrogens with zero attached hydrogens (tertiary/aromatic N) is 2. The summed E-state index contributed by atoms with van der Waals surface area (Å²) in [5, 5.41) is 3.55. The molecule has 0 bridgehead atoms. The van der Waals surface area contributed by atoms with E-state index < -0.39 is 10.4 Å². The molecule has 0 saturated heterocycles. The lowest BCUT2D eigenvalue weighted by Crippen LogP contribution is -2.19. The minimum absolute atomic E-state index is 0.0401. The summed E-state index contributed by atoms with van der Waals surface area (Å²) in [6.07, 6.45) is 5.15. The molecular formula is C11H14N2O4S. The van der Waals surface area contributed by atoms with Crippen LogP contribution < -0.4 is 0 Å². The summed E-state index contributed by atoms with van der Waals surface area (Å²) >= 11 is 0. The first-order chi connectivity index (χ1) is 8.56. The van der Waals surface area contributed by atoms with E-state index in [1.54, 1.807) is 6.20 Å². The Balaban J connectivity index is 2.21. The van der Waals surface area contributed by atoms with Gasteiger partial charge in [0.2, 0.25) is 0 Å². The highest BCUT2D eigenvalue weighted by Gasteiger charge is 2.24. The van der Waals surface area contributed by atoms with E-state index in [-0.39, 0.29) is 5.92 Å². The van der Waals surface area contributed by atoms with E-state index in [4.69, 9.17) is 4.55 Å². The van der Waals surface area contributed by atoms with Crippen molar-refractivity contribution in [2.45, 2.75) is 31.6 Å². The van der Waals surface area contributed by atoms with Crippen LogP contribution >= 0.6 is 0 Å². The lowest BCUT2D eigenvalue weighted by atomic mass is 9.85. The van der Waals surface area contributed by atoms with Gasteiger partial charge in [-0.2, -0.15) is 8.42 Å². The molecule has 1 aromatic heterocycles. The van der Waals surface area contributed by atoms with Crippen molar-refractivity contribution in [1.82, 2.24) is 4.98 Å². The van der Waals surface area contributed by atoms with Gasteiger partial charge >= 0.3 is 10.4 Å². The number of rotatable bonds is 3. The van der Waals surface area contributed by atoms with Gasteiger partial charge in [-0.05, 0) is 31.4 Å². The second kappa shape index (κ2) is 5.45. The number of pyridine rings is 1. The minimum atomic E-state index is -4.54. The zero-order chi connectivity index (χ0) is 13.0. The molecule has 0 aliphatic heterocycles. The molecule has 0 radical (unpaired) electrons. The molecule has 1 unspecified atom stereocenters. The summed E-state index contributed by atoms with van der Waals surface area (Å²) in [5.74, 6) is -0.0401. The molecule has 6 nitrogen and oxygen atoms in total. The highest BCUT2D eigenvalue weighted by molar-refractivity contribution is 7.80. The predicted molar refractivity (Wildman–Crippen MR) is 65.5 cm³/mol. The van der Waals surface area contributed by atoms with Gasteiger partial charge < -0.3 is 0 Å². The molecule has 0 aromatic carbocycles. The van der Waals surface area contributed by atoms with Gasteiger partial charge in [-0.1, -0.05) is 17.6 Å². The minimum Gasteiger partial charge on any atom is -0.261 e. The standard InChI is InChI=1S/C11H14N2O4S/c14-18(15,16)17-13-11-7-2-1-5-9(11)10-6-3-4-8-12-10/h3-4,6,8-9H,1-2,5,7H2,(H,14,15,16). The van der Waals surface area contributed by atoms with Crippen molar-refractivity contribution < 1.29 is 17.3 Å². The Labute approximate surface area is 106 Å². The maximum atomic E-state index is 10.5. The van der Waals surface area contributed by atoms with Crippen LogP contribution in [0, 0.1) is 0 Å². The Kier molecular flexibility index (Phi) is 3.93. The summed E-state index contributed by atoms with van der Waals surface area (Å²) in [6.45, 7) is 0. The SMILES string of the molecule is O=S(=O)(O)ON=C1CCCCC1c1ccccn1. The molecule has 1 aromatic rings. The molecule has 98 valence electrons. The molecule has 1 heterocycles. The van der Waals surface area contributed by atoms with Crippen molar-refractivity contribution in [3.05, 3.63) is 30.1 Å². The average Bonchev–Trinajstić information content (AvgIpc) is 2.37. The van der Waals surface area contributed by atoms with Gasteiger partial charge in [0.1, 0.15) is 0 Å². The third-order valence-electron chi connectivity index (χ3n) is 2.87. The summed E-state index contributed by atoms with van der Waals surface area (Å²) in [6, 6.07) is 5.56. The van der Waals surface area contributed by atoms with Crippen LogP contribution in [0.1, 0.15) is 37.3 Å².